The zero-order valence-electron chi connectivity index (χ0n) is 10.4. The minimum atomic E-state index is -3.92. The van der Waals surface area contributed by atoms with E-state index in [0.29, 0.717) is 0 Å². The van der Waals surface area contributed by atoms with Crippen LogP contribution in [0.2, 0.25) is 0 Å². The van der Waals surface area contributed by atoms with Gasteiger partial charge in [-0.15, -0.1) is 0 Å². The molecule has 0 bridgehead atoms. The van der Waals surface area contributed by atoms with Gasteiger partial charge in [0.05, 0.1) is 23.5 Å². The third-order valence-corrected chi connectivity index (χ3v) is 3.87. The molecule has 0 aliphatic rings. The van der Waals surface area contributed by atoms with Crippen LogP contribution in [0.15, 0.2) is 23.1 Å². The molecule has 0 spiro atoms. The maximum Gasteiger partial charge on any atom is 0.312 e. The molecule has 0 saturated carbocycles. The van der Waals surface area contributed by atoms with E-state index >= 15 is 0 Å². The monoisotopic (exact) mass is 290 g/mol. The van der Waals surface area contributed by atoms with E-state index in [1.165, 1.54) is 26.2 Å². The molecular weight excluding hydrogens is 276 g/mol. The molecule has 8 nitrogen and oxygen atoms in total. The van der Waals surface area contributed by atoms with Gasteiger partial charge in [-0.25, -0.2) is 13.1 Å². The van der Waals surface area contributed by atoms with Crippen LogP contribution in [0.5, 0.6) is 5.75 Å². The third kappa shape index (κ3) is 3.63. The topological polar surface area (TPSA) is 119 Å². The molecule has 1 aromatic rings. The molecule has 0 saturated heterocycles. The van der Waals surface area contributed by atoms with Crippen LogP contribution in [-0.4, -0.2) is 38.2 Å². The molecule has 0 amide bonds. The van der Waals surface area contributed by atoms with E-state index in [9.17, 15) is 18.5 Å². The summed E-state index contributed by atoms with van der Waals surface area (Å²) in [6, 6.07) is 2.62. The van der Waals surface area contributed by atoms with Gasteiger partial charge in [0.1, 0.15) is 0 Å². The van der Waals surface area contributed by atoms with Crippen molar-refractivity contribution in [2.45, 2.75) is 17.9 Å². The number of methoxy groups -OCH3 is 1. The van der Waals surface area contributed by atoms with Crippen LogP contribution in [-0.2, 0) is 10.0 Å². The van der Waals surface area contributed by atoms with E-state index in [2.05, 4.69) is 4.72 Å². The summed E-state index contributed by atoms with van der Waals surface area (Å²) in [7, 11) is -2.67. The van der Waals surface area contributed by atoms with Crippen molar-refractivity contribution in [1.29, 1.82) is 0 Å². The molecule has 0 aliphatic carbocycles. The molecule has 1 atom stereocenters. The van der Waals surface area contributed by atoms with Gasteiger partial charge in [-0.2, -0.15) is 0 Å². The minimum absolute atomic E-state index is 0.0286. The van der Waals surface area contributed by atoms with Crippen LogP contribution in [0.4, 0.5) is 5.69 Å². The van der Waals surface area contributed by atoms with Crippen molar-refractivity contribution in [3.05, 3.63) is 28.3 Å². The Balaban J connectivity index is 3.22. The van der Waals surface area contributed by atoms with Crippen molar-refractivity contribution in [2.24, 2.45) is 0 Å². The van der Waals surface area contributed by atoms with Crippen LogP contribution < -0.4 is 9.46 Å². The molecular formula is C10H14N2O6S. The van der Waals surface area contributed by atoms with Gasteiger partial charge in [-0.05, 0) is 19.1 Å². The van der Waals surface area contributed by atoms with E-state index in [1.807, 2.05) is 0 Å². The maximum atomic E-state index is 11.9. The number of aliphatic hydroxyl groups is 1. The maximum absolute atomic E-state index is 11.9. The Kier molecular flexibility index (Phi) is 4.81. The lowest BCUT2D eigenvalue weighted by Crippen LogP contribution is -2.35. The van der Waals surface area contributed by atoms with Crippen LogP contribution in [0.25, 0.3) is 0 Å². The first kappa shape index (κ1) is 15.3. The van der Waals surface area contributed by atoms with Crippen LogP contribution in [0.1, 0.15) is 6.92 Å². The smallest absolute Gasteiger partial charge is 0.312 e. The molecule has 0 heterocycles. The van der Waals surface area contributed by atoms with E-state index < -0.39 is 26.7 Å². The molecule has 0 aliphatic heterocycles. The summed E-state index contributed by atoms with van der Waals surface area (Å²) in [6.45, 7) is 1.09. The highest BCUT2D eigenvalue weighted by molar-refractivity contribution is 7.89. The summed E-state index contributed by atoms with van der Waals surface area (Å²) in [4.78, 5) is 9.82. The lowest BCUT2D eigenvalue weighted by molar-refractivity contribution is -0.386. The van der Waals surface area contributed by atoms with Gasteiger partial charge in [0, 0.05) is 12.1 Å². The Morgan fingerprint density at radius 2 is 2.16 bits per heavy atom. The Hall–Kier alpha value is -1.71. The normalized spacial score (nSPS) is 13.0. The average Bonchev–Trinajstić information content (AvgIpc) is 2.37. The van der Waals surface area contributed by atoms with Crippen LogP contribution in [0.3, 0.4) is 0 Å². The molecule has 0 radical (unpaired) electrons. The Labute approximate surface area is 110 Å². The number of ether oxygens (including phenoxy) is 1. The summed E-state index contributed by atoms with van der Waals surface area (Å²) < 4.78 is 30.7. The number of aliphatic hydroxyl groups excluding tert-OH is 1. The van der Waals surface area contributed by atoms with Crippen molar-refractivity contribution >= 4 is 15.7 Å². The van der Waals surface area contributed by atoms with Gasteiger partial charge >= 0.3 is 5.69 Å². The number of nitrogens with one attached hydrogen (secondary N) is 1. The van der Waals surface area contributed by atoms with Crippen molar-refractivity contribution in [3.63, 3.8) is 0 Å². The van der Waals surface area contributed by atoms with Crippen LogP contribution in [0, 0.1) is 10.1 Å². The summed E-state index contributed by atoms with van der Waals surface area (Å²) >= 11 is 0. The van der Waals surface area contributed by atoms with Gasteiger partial charge in [-0.1, -0.05) is 0 Å². The van der Waals surface area contributed by atoms with Gasteiger partial charge in [0.2, 0.25) is 10.0 Å². The number of nitro groups is 1. The highest BCUT2D eigenvalue weighted by atomic mass is 32.2. The molecule has 2 N–H and O–H groups in total. The number of nitrogens with zero attached hydrogens (tertiary/aromatic N) is 1. The van der Waals surface area contributed by atoms with Crippen molar-refractivity contribution in [3.8, 4) is 5.75 Å². The molecule has 1 aromatic carbocycles. The minimum Gasteiger partial charge on any atom is -0.490 e. The van der Waals surface area contributed by atoms with E-state index in [4.69, 9.17) is 9.84 Å². The molecule has 19 heavy (non-hydrogen) atoms. The Bertz CT molecular complexity index is 571. The molecule has 0 unspecified atom stereocenters. The zero-order valence-corrected chi connectivity index (χ0v) is 11.2. The highest BCUT2D eigenvalue weighted by Gasteiger charge is 2.23. The number of sulfonamides is 1. The van der Waals surface area contributed by atoms with E-state index in [-0.39, 0.29) is 17.3 Å². The second kappa shape index (κ2) is 5.95. The predicted molar refractivity (Wildman–Crippen MR) is 66.5 cm³/mol. The predicted octanol–water partition coefficient (Wildman–Crippen LogP) is 0.262. The number of rotatable bonds is 6. The van der Waals surface area contributed by atoms with Gasteiger partial charge in [0.15, 0.2) is 5.75 Å². The van der Waals surface area contributed by atoms with Gasteiger partial charge in [-0.3, -0.25) is 10.1 Å². The fourth-order valence-electron chi connectivity index (χ4n) is 1.35. The standard InChI is InChI=1S/C10H14N2O6S/c1-7(6-13)11-19(16,17)8-3-4-10(18-2)9(5-8)12(14)15/h3-5,7,11,13H,6H2,1-2H3/t7-/m0/s1. The van der Waals surface area contributed by atoms with E-state index in [0.717, 1.165) is 6.07 Å². The third-order valence-electron chi connectivity index (χ3n) is 2.29. The first-order valence-electron chi connectivity index (χ1n) is 5.27. The summed E-state index contributed by atoms with van der Waals surface area (Å²) in [5, 5.41) is 19.6. The fourth-order valence-corrected chi connectivity index (χ4v) is 2.60. The second-order valence-corrected chi connectivity index (χ2v) is 5.51. The molecule has 9 heteroatoms. The highest BCUT2D eigenvalue weighted by Crippen LogP contribution is 2.29. The zero-order chi connectivity index (χ0) is 14.6. The lowest BCUT2D eigenvalue weighted by atomic mass is 10.3. The number of nitro benzene ring substituents is 1. The first-order valence-corrected chi connectivity index (χ1v) is 6.75. The van der Waals surface area contributed by atoms with Crippen molar-refractivity contribution in [1.82, 2.24) is 4.72 Å². The molecule has 1 rings (SSSR count). The molecule has 106 valence electrons. The van der Waals surface area contributed by atoms with Gasteiger partial charge in [0.25, 0.3) is 0 Å². The number of hydrogen-bond donors (Lipinski definition) is 2. The average molecular weight is 290 g/mol. The SMILES string of the molecule is COc1ccc(S(=O)(=O)N[C@@H](C)CO)cc1[N+](=O)[O-]. The second-order valence-electron chi connectivity index (χ2n) is 3.80. The summed E-state index contributed by atoms with van der Waals surface area (Å²) in [6.07, 6.45) is 0. The molecule has 0 fully saturated rings. The largest absolute Gasteiger partial charge is 0.490 e. The fraction of sp³-hybridized carbons (Fsp3) is 0.400. The van der Waals surface area contributed by atoms with Crippen molar-refractivity contribution in [2.75, 3.05) is 13.7 Å². The lowest BCUT2D eigenvalue weighted by Gasteiger charge is -2.11. The molecule has 0 aromatic heterocycles. The Morgan fingerprint density at radius 3 is 2.63 bits per heavy atom. The first-order chi connectivity index (χ1) is 8.81. The quantitative estimate of drug-likeness (QED) is 0.573. The van der Waals surface area contributed by atoms with E-state index in [1.54, 1.807) is 0 Å². The van der Waals surface area contributed by atoms with Crippen LogP contribution >= 0.6 is 0 Å². The summed E-state index contributed by atoms with van der Waals surface area (Å²) in [5.41, 5.74) is -0.443. The van der Waals surface area contributed by atoms with Crippen molar-refractivity contribution < 1.29 is 23.2 Å². The number of hydrogen-bond acceptors (Lipinski definition) is 6. The van der Waals surface area contributed by atoms with Gasteiger partial charge < -0.3 is 9.84 Å². The number of benzene rings is 1. The Morgan fingerprint density at radius 1 is 1.53 bits per heavy atom. The summed E-state index contributed by atoms with van der Waals surface area (Å²) in [5.74, 6) is -0.0286.